The quantitative estimate of drug-likeness (QED) is 0.230. The SMILES string of the molecule is COc1cc(O)c(C(=O)C(c2ccc(O)c(O)c2)C(OC)OC)c(OC)c1O. The smallest absolute Gasteiger partial charge is 0.201 e. The second-order valence-electron chi connectivity index (χ2n) is 5.78. The molecule has 0 aliphatic heterocycles. The second-order valence-corrected chi connectivity index (χ2v) is 5.78. The lowest BCUT2D eigenvalue weighted by Gasteiger charge is -2.25. The fourth-order valence-electron chi connectivity index (χ4n) is 2.89. The van der Waals surface area contributed by atoms with E-state index in [0.29, 0.717) is 0 Å². The molecule has 0 bridgehead atoms. The van der Waals surface area contributed by atoms with Crippen LogP contribution in [0, 0.1) is 0 Å². The van der Waals surface area contributed by atoms with Crippen molar-refractivity contribution in [1.82, 2.24) is 0 Å². The van der Waals surface area contributed by atoms with Gasteiger partial charge in [0, 0.05) is 20.3 Å². The van der Waals surface area contributed by atoms with Crippen LogP contribution in [0.4, 0.5) is 0 Å². The Bertz CT molecular complexity index is 859. The summed E-state index contributed by atoms with van der Waals surface area (Å²) in [5.74, 6) is -4.04. The Morgan fingerprint density at radius 2 is 1.50 bits per heavy atom. The zero-order valence-corrected chi connectivity index (χ0v) is 15.8. The molecule has 0 aliphatic carbocycles. The summed E-state index contributed by atoms with van der Waals surface area (Å²) in [7, 11) is 5.13. The number of benzene rings is 2. The summed E-state index contributed by atoms with van der Waals surface area (Å²) in [4.78, 5) is 13.4. The van der Waals surface area contributed by atoms with Gasteiger partial charge in [0.15, 0.2) is 35.1 Å². The minimum atomic E-state index is -1.17. The number of phenols is 4. The van der Waals surface area contributed by atoms with Crippen molar-refractivity contribution in [2.24, 2.45) is 0 Å². The normalized spacial score (nSPS) is 12.0. The number of phenolic OH excluding ortho intramolecular Hbond substituents is 4. The van der Waals surface area contributed by atoms with Crippen molar-refractivity contribution >= 4 is 5.78 Å². The Kier molecular flexibility index (Phi) is 6.55. The van der Waals surface area contributed by atoms with Crippen molar-refractivity contribution < 1.29 is 44.2 Å². The first kappa shape index (κ1) is 21.1. The van der Waals surface area contributed by atoms with E-state index in [9.17, 15) is 25.2 Å². The zero-order chi connectivity index (χ0) is 21.0. The van der Waals surface area contributed by atoms with Crippen LogP contribution in [-0.2, 0) is 9.47 Å². The summed E-state index contributed by atoms with van der Waals surface area (Å²) < 4.78 is 20.5. The third kappa shape index (κ3) is 3.75. The monoisotopic (exact) mass is 394 g/mol. The highest BCUT2D eigenvalue weighted by Crippen LogP contribution is 2.46. The first-order valence-corrected chi connectivity index (χ1v) is 8.09. The van der Waals surface area contributed by atoms with Gasteiger partial charge in [0.25, 0.3) is 0 Å². The van der Waals surface area contributed by atoms with Crippen molar-refractivity contribution in [3.8, 4) is 34.5 Å². The van der Waals surface area contributed by atoms with E-state index < -0.39 is 35.2 Å². The van der Waals surface area contributed by atoms with E-state index in [4.69, 9.17) is 18.9 Å². The third-order valence-electron chi connectivity index (χ3n) is 4.25. The molecule has 0 heterocycles. The molecule has 2 rings (SSSR count). The molecule has 0 saturated heterocycles. The lowest BCUT2D eigenvalue weighted by Crippen LogP contribution is -2.30. The highest BCUT2D eigenvalue weighted by Gasteiger charge is 2.36. The number of hydrogen-bond donors (Lipinski definition) is 4. The molecular weight excluding hydrogens is 372 g/mol. The Labute approximate surface area is 161 Å². The van der Waals surface area contributed by atoms with Gasteiger partial charge in [-0.15, -0.1) is 0 Å². The van der Waals surface area contributed by atoms with E-state index in [2.05, 4.69) is 0 Å². The Morgan fingerprint density at radius 1 is 0.857 bits per heavy atom. The average Bonchev–Trinajstić information content (AvgIpc) is 2.68. The molecule has 152 valence electrons. The highest BCUT2D eigenvalue weighted by molar-refractivity contribution is 6.06. The Hall–Kier alpha value is -3.17. The minimum Gasteiger partial charge on any atom is -0.507 e. The van der Waals surface area contributed by atoms with Crippen LogP contribution in [0.3, 0.4) is 0 Å². The van der Waals surface area contributed by atoms with Gasteiger partial charge in [-0.2, -0.15) is 0 Å². The van der Waals surface area contributed by atoms with Gasteiger partial charge in [-0.1, -0.05) is 6.07 Å². The van der Waals surface area contributed by atoms with Gasteiger partial charge in [-0.3, -0.25) is 4.79 Å². The molecule has 0 radical (unpaired) electrons. The molecule has 9 heteroatoms. The van der Waals surface area contributed by atoms with E-state index in [1.54, 1.807) is 0 Å². The number of carbonyl (C=O) groups excluding carboxylic acids is 1. The van der Waals surface area contributed by atoms with Crippen LogP contribution in [-0.4, -0.2) is 60.9 Å². The molecule has 4 N–H and O–H groups in total. The third-order valence-corrected chi connectivity index (χ3v) is 4.25. The van der Waals surface area contributed by atoms with E-state index in [1.807, 2.05) is 0 Å². The fraction of sp³-hybridized carbons (Fsp3) is 0.316. The van der Waals surface area contributed by atoms with Gasteiger partial charge in [0.2, 0.25) is 5.75 Å². The molecule has 0 spiro atoms. The van der Waals surface area contributed by atoms with Crippen LogP contribution in [0.5, 0.6) is 34.5 Å². The number of rotatable bonds is 8. The van der Waals surface area contributed by atoms with Crippen molar-refractivity contribution in [1.29, 1.82) is 0 Å². The van der Waals surface area contributed by atoms with Gasteiger partial charge >= 0.3 is 0 Å². The second kappa shape index (κ2) is 8.68. The predicted octanol–water partition coefficient (Wildman–Crippen LogP) is 2.11. The molecule has 0 amide bonds. The topological polar surface area (TPSA) is 135 Å². The number of ether oxygens (including phenoxy) is 4. The van der Waals surface area contributed by atoms with Crippen LogP contribution < -0.4 is 9.47 Å². The molecule has 2 aromatic carbocycles. The summed E-state index contributed by atoms with van der Waals surface area (Å²) >= 11 is 0. The van der Waals surface area contributed by atoms with E-state index in [-0.39, 0.29) is 28.4 Å². The number of Topliss-reactive ketones (excluding diaryl/α,β-unsaturated/α-hetero) is 1. The van der Waals surface area contributed by atoms with Crippen LogP contribution in [0.1, 0.15) is 21.8 Å². The van der Waals surface area contributed by atoms with Crippen molar-refractivity contribution in [2.75, 3.05) is 28.4 Å². The lowest BCUT2D eigenvalue weighted by molar-refractivity contribution is -0.110. The van der Waals surface area contributed by atoms with Crippen LogP contribution in [0.15, 0.2) is 24.3 Å². The van der Waals surface area contributed by atoms with Crippen LogP contribution in [0.2, 0.25) is 0 Å². The van der Waals surface area contributed by atoms with Crippen molar-refractivity contribution in [3.63, 3.8) is 0 Å². The molecule has 0 aliphatic rings. The molecule has 28 heavy (non-hydrogen) atoms. The number of carbonyl (C=O) groups is 1. The van der Waals surface area contributed by atoms with Crippen LogP contribution >= 0.6 is 0 Å². The predicted molar refractivity (Wildman–Crippen MR) is 97.5 cm³/mol. The van der Waals surface area contributed by atoms with Gasteiger partial charge in [0.05, 0.1) is 20.1 Å². The zero-order valence-electron chi connectivity index (χ0n) is 15.8. The fourth-order valence-corrected chi connectivity index (χ4v) is 2.89. The van der Waals surface area contributed by atoms with Gasteiger partial charge < -0.3 is 39.4 Å². The molecule has 0 aromatic heterocycles. The Morgan fingerprint density at radius 3 is 2.00 bits per heavy atom. The van der Waals surface area contributed by atoms with Crippen LogP contribution in [0.25, 0.3) is 0 Å². The minimum absolute atomic E-state index is 0.0836. The van der Waals surface area contributed by atoms with Gasteiger partial charge in [-0.25, -0.2) is 0 Å². The molecular formula is C19H22O9. The summed E-state index contributed by atoms with van der Waals surface area (Å²) in [6.07, 6.45) is -1.11. The van der Waals surface area contributed by atoms with E-state index in [1.165, 1.54) is 46.6 Å². The van der Waals surface area contributed by atoms with Crippen molar-refractivity contribution in [2.45, 2.75) is 12.2 Å². The maximum atomic E-state index is 13.4. The molecule has 1 atom stereocenters. The Balaban J connectivity index is 2.69. The summed E-state index contributed by atoms with van der Waals surface area (Å²) in [6, 6.07) is 4.85. The van der Waals surface area contributed by atoms with E-state index >= 15 is 0 Å². The molecule has 0 fully saturated rings. The lowest BCUT2D eigenvalue weighted by atomic mass is 9.88. The number of ketones is 1. The molecule has 2 aromatic rings. The standard InChI is InChI=1S/C19H22O9/c1-25-13-8-12(22)15(18(26-2)16(13)23)17(24)14(19(27-3)28-4)9-5-6-10(20)11(21)7-9/h5-8,14,19-23H,1-4H3. The largest absolute Gasteiger partial charge is 0.507 e. The van der Waals surface area contributed by atoms with E-state index in [0.717, 1.165) is 6.07 Å². The molecule has 0 saturated carbocycles. The summed E-state index contributed by atoms with van der Waals surface area (Å²) in [6.45, 7) is 0. The first-order chi connectivity index (χ1) is 13.3. The highest BCUT2D eigenvalue weighted by atomic mass is 16.7. The average molecular weight is 394 g/mol. The summed E-state index contributed by atoms with van der Waals surface area (Å²) in [5, 5.41) is 40.0. The van der Waals surface area contributed by atoms with Gasteiger partial charge in [-0.05, 0) is 17.7 Å². The summed E-state index contributed by atoms with van der Waals surface area (Å²) in [5.41, 5.74) is -0.0803. The number of hydrogen-bond acceptors (Lipinski definition) is 9. The van der Waals surface area contributed by atoms with Crippen molar-refractivity contribution in [3.05, 3.63) is 35.4 Å². The molecule has 9 nitrogen and oxygen atoms in total. The maximum absolute atomic E-state index is 13.4. The first-order valence-electron chi connectivity index (χ1n) is 8.09. The number of methoxy groups -OCH3 is 4. The number of aromatic hydroxyl groups is 4. The molecule has 1 unspecified atom stereocenters. The van der Waals surface area contributed by atoms with Gasteiger partial charge in [0.1, 0.15) is 11.3 Å². The maximum Gasteiger partial charge on any atom is 0.201 e.